The minimum absolute atomic E-state index is 0.0922. The van der Waals surface area contributed by atoms with Crippen LogP contribution in [0.5, 0.6) is 0 Å². The number of aliphatic hydroxyl groups is 2. The molecule has 5 unspecified atom stereocenters. The molecule has 582 valence electrons. The maximum absolute atomic E-state index is 13.0. The summed E-state index contributed by atoms with van der Waals surface area (Å²) in [5.41, 5.74) is 0. The highest BCUT2D eigenvalue weighted by molar-refractivity contribution is 7.47. The van der Waals surface area contributed by atoms with Gasteiger partial charge in [0.05, 0.1) is 26.4 Å². The first-order valence-electron chi connectivity index (χ1n) is 39.8. The number of ether oxygens (including phenoxy) is 3. The second kappa shape index (κ2) is 75.6. The molecule has 0 aromatic heterocycles. The molecule has 101 heavy (non-hydrogen) atoms. The molecular weight excluding hydrogens is 1310 g/mol. The highest BCUT2D eigenvalue weighted by Crippen LogP contribution is 2.45. The average Bonchev–Trinajstić information content (AvgIpc) is 0.949. The van der Waals surface area contributed by atoms with Gasteiger partial charge in [-0.3, -0.25) is 32.5 Å². The largest absolute Gasteiger partial charge is 0.472 e. The first-order chi connectivity index (χ1) is 49.2. The Bertz CT molecular complexity index is 2320. The van der Waals surface area contributed by atoms with E-state index >= 15 is 0 Å². The van der Waals surface area contributed by atoms with Gasteiger partial charge in [0.15, 0.2) is 6.10 Å². The number of aliphatic hydroxyl groups excluding tert-OH is 2. The van der Waals surface area contributed by atoms with Crippen LogP contribution >= 0.6 is 15.6 Å². The molecule has 0 aromatic rings. The standard InChI is InChI=1S/C83H144O16P2/c1-4-7-10-13-16-19-22-25-27-29-31-33-35-37-38-40-42-43-45-47-49-52-54-57-60-63-66-69-81(86)93-72-78(84)73-95-100(89,90)96-74-79(85)75-97-101(91,92)98-77-80(99-83(88)71-68-65-62-59-56-51-24-21-18-15-12-9-6-3)76-94-82(87)70-67-64-61-58-55-53-50-48-46-44-41-39-36-34-32-30-28-26-23-20-17-14-11-8-5-2/h7,10,16-17,19-21,24-28,31-34,37-39,41,78-80,84-85H,4-6,8-9,11-15,18,22-23,29-30,35-36,40,42-77H2,1-3H3,(H,89,90)(H,91,92)/b10-7-,19-16-,20-17-,24-21-,27-25-,28-26-,33-31-,34-32-,38-37-,41-39-. The van der Waals surface area contributed by atoms with E-state index in [-0.39, 0.29) is 19.3 Å². The maximum Gasteiger partial charge on any atom is 0.472 e. The molecule has 0 rings (SSSR count). The molecule has 5 atom stereocenters. The van der Waals surface area contributed by atoms with Gasteiger partial charge in [-0.2, -0.15) is 0 Å². The van der Waals surface area contributed by atoms with Crippen molar-refractivity contribution >= 4 is 33.6 Å². The SMILES string of the molecule is CC/C=C\C/C=C\C/C=C\C/C=C\C/C=C\CCCCCCCCCCCCCC(=O)OCC(O)COP(=O)(O)OCC(O)COP(=O)(O)OCC(COC(=O)CCCCCCCCCCC/C=C\C/C=C\C/C=C\C/C=C\CCCCC)OC(=O)CCCCCCC/C=C\CCCCCC. The second-order valence-corrected chi connectivity index (χ2v) is 29.4. The minimum Gasteiger partial charge on any atom is -0.463 e. The maximum atomic E-state index is 13.0. The summed E-state index contributed by atoms with van der Waals surface area (Å²) >= 11 is 0. The molecule has 4 N–H and O–H groups in total. The highest BCUT2D eigenvalue weighted by Gasteiger charge is 2.29. The molecule has 0 aliphatic heterocycles. The van der Waals surface area contributed by atoms with Crippen molar-refractivity contribution in [2.75, 3.05) is 39.6 Å². The number of rotatable bonds is 75. The van der Waals surface area contributed by atoms with Crippen molar-refractivity contribution in [2.45, 2.75) is 347 Å². The molecule has 0 amide bonds. The third kappa shape index (κ3) is 76.9. The zero-order chi connectivity index (χ0) is 73.7. The van der Waals surface area contributed by atoms with Crippen molar-refractivity contribution in [1.29, 1.82) is 0 Å². The van der Waals surface area contributed by atoms with Crippen LogP contribution in [0.1, 0.15) is 329 Å². The lowest BCUT2D eigenvalue weighted by molar-refractivity contribution is -0.161. The Labute approximate surface area is 614 Å². The lowest BCUT2D eigenvalue weighted by Crippen LogP contribution is -2.30. The van der Waals surface area contributed by atoms with Gasteiger partial charge >= 0.3 is 33.6 Å². The second-order valence-electron chi connectivity index (χ2n) is 26.5. The molecule has 0 aliphatic rings. The quantitative estimate of drug-likeness (QED) is 0.0146. The van der Waals surface area contributed by atoms with Crippen LogP contribution in [-0.2, 0) is 55.8 Å². The number of hydrogen-bond donors (Lipinski definition) is 4. The number of phosphoric acid groups is 2. The molecule has 0 aliphatic carbocycles. The summed E-state index contributed by atoms with van der Waals surface area (Å²) in [6.45, 7) is 2.52. The number of carbonyl (C=O) groups excluding carboxylic acids is 3. The van der Waals surface area contributed by atoms with Gasteiger partial charge < -0.3 is 34.2 Å². The van der Waals surface area contributed by atoms with Crippen molar-refractivity contribution in [2.24, 2.45) is 0 Å². The summed E-state index contributed by atoms with van der Waals surface area (Å²) in [6, 6.07) is 0. The number of hydrogen-bond acceptors (Lipinski definition) is 14. The van der Waals surface area contributed by atoms with Crippen molar-refractivity contribution in [3.63, 3.8) is 0 Å². The first kappa shape index (κ1) is 97.0. The van der Waals surface area contributed by atoms with Crippen LogP contribution in [0, 0.1) is 0 Å². The zero-order valence-corrected chi connectivity index (χ0v) is 65.3. The lowest BCUT2D eigenvalue weighted by Gasteiger charge is -2.21. The van der Waals surface area contributed by atoms with Crippen LogP contribution in [0.4, 0.5) is 0 Å². The van der Waals surface area contributed by atoms with E-state index in [1.807, 2.05) is 0 Å². The van der Waals surface area contributed by atoms with Crippen LogP contribution in [0.25, 0.3) is 0 Å². The molecule has 0 heterocycles. The lowest BCUT2D eigenvalue weighted by atomic mass is 10.0. The zero-order valence-electron chi connectivity index (χ0n) is 63.5. The third-order valence-corrected chi connectivity index (χ3v) is 18.5. The van der Waals surface area contributed by atoms with Gasteiger partial charge in [-0.15, -0.1) is 0 Å². The van der Waals surface area contributed by atoms with Crippen molar-refractivity contribution in [1.82, 2.24) is 0 Å². The van der Waals surface area contributed by atoms with Crippen LogP contribution in [0.15, 0.2) is 122 Å². The molecule has 0 spiro atoms. The fourth-order valence-electron chi connectivity index (χ4n) is 10.6. The van der Waals surface area contributed by atoms with Crippen molar-refractivity contribution < 1.29 is 75.8 Å². The Balaban J connectivity index is 4.53. The predicted molar refractivity (Wildman–Crippen MR) is 417 cm³/mol. The third-order valence-electron chi connectivity index (χ3n) is 16.6. The normalized spacial score (nSPS) is 14.6. The van der Waals surface area contributed by atoms with Gasteiger partial charge in [-0.25, -0.2) is 9.13 Å². The van der Waals surface area contributed by atoms with Gasteiger partial charge in [0.2, 0.25) is 0 Å². The van der Waals surface area contributed by atoms with Gasteiger partial charge in [0, 0.05) is 19.3 Å². The summed E-state index contributed by atoms with van der Waals surface area (Å²) in [4.78, 5) is 58.6. The molecule has 0 saturated carbocycles. The minimum atomic E-state index is -4.93. The van der Waals surface area contributed by atoms with Crippen LogP contribution < -0.4 is 0 Å². The molecule has 18 heteroatoms. The number of esters is 3. The average molecular weight is 1460 g/mol. The molecule has 0 fully saturated rings. The van der Waals surface area contributed by atoms with E-state index in [9.17, 15) is 43.5 Å². The first-order valence-corrected chi connectivity index (χ1v) is 42.8. The van der Waals surface area contributed by atoms with E-state index in [0.717, 1.165) is 148 Å². The summed E-state index contributed by atoms with van der Waals surface area (Å²) in [5.74, 6) is -1.59. The van der Waals surface area contributed by atoms with Crippen molar-refractivity contribution in [3.8, 4) is 0 Å². The molecule has 16 nitrogen and oxygen atoms in total. The summed E-state index contributed by atoms with van der Waals surface area (Å²) in [7, 11) is -9.79. The molecule has 0 aromatic carbocycles. The highest BCUT2D eigenvalue weighted by atomic mass is 31.2. The van der Waals surface area contributed by atoms with E-state index < -0.39 is 91.5 Å². The van der Waals surface area contributed by atoms with Gasteiger partial charge in [-0.1, -0.05) is 296 Å². The van der Waals surface area contributed by atoms with Gasteiger partial charge in [0.1, 0.15) is 25.4 Å². The Morgan fingerprint density at radius 1 is 0.287 bits per heavy atom. The number of allylic oxidation sites excluding steroid dienone is 20. The monoisotopic (exact) mass is 1460 g/mol. The number of unbranched alkanes of at least 4 members (excludes halogenated alkanes) is 32. The van der Waals surface area contributed by atoms with E-state index in [1.165, 1.54) is 122 Å². The number of carbonyl (C=O) groups is 3. The fraction of sp³-hybridized carbons (Fsp3) is 0.723. The Hall–Kier alpha value is -4.05. The van der Waals surface area contributed by atoms with Crippen LogP contribution in [0.3, 0.4) is 0 Å². The van der Waals surface area contributed by atoms with E-state index in [4.69, 9.17) is 32.3 Å². The smallest absolute Gasteiger partial charge is 0.463 e. The Morgan fingerprint density at radius 2 is 0.525 bits per heavy atom. The van der Waals surface area contributed by atoms with Gasteiger partial charge in [0.25, 0.3) is 0 Å². The topological polar surface area (TPSA) is 231 Å². The predicted octanol–water partition coefficient (Wildman–Crippen LogP) is 23.3. The Kier molecular flexibility index (Phi) is 72.6. The van der Waals surface area contributed by atoms with Gasteiger partial charge in [-0.05, 0) is 135 Å². The van der Waals surface area contributed by atoms with E-state index in [0.29, 0.717) is 19.3 Å². The van der Waals surface area contributed by atoms with E-state index in [1.54, 1.807) is 0 Å². The van der Waals surface area contributed by atoms with Crippen LogP contribution in [-0.4, -0.2) is 95.9 Å². The van der Waals surface area contributed by atoms with Crippen LogP contribution in [0.2, 0.25) is 0 Å². The summed E-state index contributed by atoms with van der Waals surface area (Å²) in [6.07, 6.45) is 89.6. The molecular formula is C83H144O16P2. The molecule has 0 radical (unpaired) electrons. The fourth-order valence-corrected chi connectivity index (χ4v) is 12.2. The number of phosphoric ester groups is 2. The van der Waals surface area contributed by atoms with Crippen molar-refractivity contribution in [3.05, 3.63) is 122 Å². The molecule has 0 saturated heterocycles. The summed E-state index contributed by atoms with van der Waals surface area (Å²) < 4.78 is 61.1. The molecule has 0 bridgehead atoms. The Morgan fingerprint density at radius 3 is 0.861 bits per heavy atom. The summed E-state index contributed by atoms with van der Waals surface area (Å²) in [5, 5.41) is 20.6. The van der Waals surface area contributed by atoms with E-state index in [2.05, 4.69) is 142 Å².